The second-order valence-electron chi connectivity index (χ2n) is 8.00. The van der Waals surface area contributed by atoms with Crippen LogP contribution in [-0.2, 0) is 24.3 Å². The first-order valence-corrected chi connectivity index (χ1v) is 10.8. The molecule has 1 heterocycles. The van der Waals surface area contributed by atoms with Crippen molar-refractivity contribution in [2.75, 3.05) is 0 Å². The summed E-state index contributed by atoms with van der Waals surface area (Å²) in [7, 11) is -0.430. The van der Waals surface area contributed by atoms with E-state index in [9.17, 15) is 9.36 Å². The molecule has 6 nitrogen and oxygen atoms in total. The fourth-order valence-corrected chi connectivity index (χ4v) is 4.58. The number of benzene rings is 1. The molecule has 0 spiro atoms. The Labute approximate surface area is 175 Å². The molecule has 154 valence electrons. The van der Waals surface area contributed by atoms with Gasteiger partial charge in [0.25, 0.3) is 5.53 Å². The van der Waals surface area contributed by atoms with Crippen LogP contribution in [0.1, 0.15) is 54.2 Å². The van der Waals surface area contributed by atoms with Gasteiger partial charge in [-0.05, 0) is 70.5 Å². The summed E-state index contributed by atoms with van der Waals surface area (Å²) in [6, 6.07) is 7.34. The SMILES string of the molecule is CC(C)OC(OC(C)C)(P=O)c1c(Br)c2ccccc2n1C(=O)OC(C)(C)C. The van der Waals surface area contributed by atoms with E-state index < -0.39 is 25.7 Å². The van der Waals surface area contributed by atoms with E-state index in [0.717, 1.165) is 5.39 Å². The average Bonchev–Trinajstić information content (AvgIpc) is 2.85. The van der Waals surface area contributed by atoms with Gasteiger partial charge in [0.1, 0.15) is 11.3 Å². The number of nitrogens with zero attached hydrogens (tertiary/aromatic N) is 1. The number of aromatic nitrogens is 1. The van der Waals surface area contributed by atoms with Crippen molar-refractivity contribution in [2.24, 2.45) is 0 Å². The standard InChI is InChI=1S/C20H27BrNO5P/c1-12(2)25-20(28-24,26-13(3)4)17-16(21)14-10-8-9-11-15(14)22(17)18(23)27-19(5,6)7/h8-13H,1-7H3. The van der Waals surface area contributed by atoms with Gasteiger partial charge in [0.05, 0.1) is 22.2 Å². The first kappa shape index (κ1) is 23.0. The third-order valence-corrected chi connectivity index (χ3v) is 5.07. The molecule has 28 heavy (non-hydrogen) atoms. The van der Waals surface area contributed by atoms with Crippen LogP contribution in [0.2, 0.25) is 0 Å². The van der Waals surface area contributed by atoms with E-state index in [0.29, 0.717) is 15.7 Å². The van der Waals surface area contributed by atoms with E-state index in [1.807, 2.05) is 45.9 Å². The molecule has 0 atom stereocenters. The zero-order valence-corrected chi connectivity index (χ0v) is 19.8. The minimum Gasteiger partial charge on any atom is -0.443 e. The van der Waals surface area contributed by atoms with E-state index in [4.69, 9.17) is 14.2 Å². The lowest BCUT2D eigenvalue weighted by Gasteiger charge is -2.32. The van der Waals surface area contributed by atoms with E-state index in [1.165, 1.54) is 4.57 Å². The predicted molar refractivity (Wildman–Crippen MR) is 113 cm³/mol. The first-order chi connectivity index (χ1) is 12.9. The minimum atomic E-state index is -1.68. The van der Waals surface area contributed by atoms with Crippen molar-refractivity contribution >= 4 is 41.4 Å². The van der Waals surface area contributed by atoms with Crippen LogP contribution in [0.4, 0.5) is 4.79 Å². The summed E-state index contributed by atoms with van der Waals surface area (Å²) in [5.41, 5.74) is -1.49. The predicted octanol–water partition coefficient (Wildman–Crippen LogP) is 6.44. The number of carbonyl (C=O) groups is 1. The van der Waals surface area contributed by atoms with E-state index in [-0.39, 0.29) is 12.2 Å². The van der Waals surface area contributed by atoms with Gasteiger partial charge in [0.15, 0.2) is 0 Å². The van der Waals surface area contributed by atoms with Crippen LogP contribution >= 0.6 is 24.4 Å². The zero-order chi connectivity index (χ0) is 21.3. The monoisotopic (exact) mass is 471 g/mol. The maximum Gasteiger partial charge on any atom is 0.419 e. The second kappa shape index (κ2) is 8.62. The summed E-state index contributed by atoms with van der Waals surface area (Å²) in [6.45, 7) is 12.6. The van der Waals surface area contributed by atoms with Gasteiger partial charge < -0.3 is 14.2 Å². The summed E-state index contributed by atoms with van der Waals surface area (Å²) in [5.74, 6) is 0. The quantitative estimate of drug-likeness (QED) is 0.358. The Hall–Kier alpha value is -1.27. The van der Waals surface area contributed by atoms with E-state index in [2.05, 4.69) is 15.9 Å². The molecule has 0 N–H and O–H groups in total. The molecule has 0 radical (unpaired) electrons. The molecule has 2 rings (SSSR count). The highest BCUT2D eigenvalue weighted by Crippen LogP contribution is 2.47. The summed E-state index contributed by atoms with van der Waals surface area (Å²) >= 11 is 3.58. The molecule has 1 aromatic carbocycles. The number of hydrogen-bond donors (Lipinski definition) is 0. The van der Waals surface area contributed by atoms with Gasteiger partial charge >= 0.3 is 6.09 Å². The van der Waals surface area contributed by atoms with Crippen LogP contribution in [0.25, 0.3) is 10.9 Å². The summed E-state index contributed by atoms with van der Waals surface area (Å²) in [5, 5.41) is 0.760. The molecule has 0 bridgehead atoms. The van der Waals surface area contributed by atoms with Crippen molar-refractivity contribution in [3.05, 3.63) is 34.4 Å². The molecule has 0 amide bonds. The fraction of sp³-hybridized carbons (Fsp3) is 0.550. The largest absolute Gasteiger partial charge is 0.443 e. The second-order valence-corrected chi connectivity index (χ2v) is 9.57. The molecule has 0 fully saturated rings. The zero-order valence-electron chi connectivity index (χ0n) is 17.3. The topological polar surface area (TPSA) is 66.8 Å². The lowest BCUT2D eigenvalue weighted by atomic mass is 10.2. The highest BCUT2D eigenvalue weighted by Gasteiger charge is 2.45. The Morgan fingerprint density at radius 3 is 2.07 bits per heavy atom. The molecular formula is C20H27BrNO5P. The molecule has 2 aromatic rings. The third-order valence-electron chi connectivity index (χ3n) is 3.60. The number of rotatable bonds is 6. The summed E-state index contributed by atoms with van der Waals surface area (Å²) in [4.78, 5) is 13.1. The molecule has 1 aromatic heterocycles. The smallest absolute Gasteiger partial charge is 0.419 e. The molecule has 0 saturated carbocycles. The van der Waals surface area contributed by atoms with Crippen molar-refractivity contribution in [3.8, 4) is 0 Å². The normalized spacial score (nSPS) is 13.1. The van der Waals surface area contributed by atoms with Gasteiger partial charge in [-0.2, -0.15) is 0 Å². The van der Waals surface area contributed by atoms with Crippen molar-refractivity contribution in [1.29, 1.82) is 0 Å². The molecule has 0 saturated heterocycles. The van der Waals surface area contributed by atoms with E-state index >= 15 is 0 Å². The van der Waals surface area contributed by atoms with Crippen molar-refractivity contribution in [2.45, 2.75) is 71.8 Å². The Kier molecular flexibility index (Phi) is 7.08. The fourth-order valence-electron chi connectivity index (χ4n) is 2.84. The molecule has 0 aliphatic carbocycles. The Morgan fingerprint density at radius 1 is 1.07 bits per heavy atom. The van der Waals surface area contributed by atoms with Crippen LogP contribution in [0.3, 0.4) is 0 Å². The van der Waals surface area contributed by atoms with Gasteiger partial charge in [-0.15, -0.1) is 0 Å². The third kappa shape index (κ3) is 4.82. The first-order valence-electron chi connectivity index (χ1n) is 9.14. The maximum absolute atomic E-state index is 13.1. The summed E-state index contributed by atoms with van der Waals surface area (Å²) < 4.78 is 32.0. The minimum absolute atomic E-state index is 0.294. The van der Waals surface area contributed by atoms with Crippen molar-refractivity contribution < 1.29 is 23.6 Å². The Balaban J connectivity index is 2.86. The maximum atomic E-state index is 13.1. The van der Waals surface area contributed by atoms with E-state index in [1.54, 1.807) is 26.8 Å². The number of fused-ring (bicyclic) bond motifs is 1. The van der Waals surface area contributed by atoms with Gasteiger partial charge in [0, 0.05) is 5.39 Å². The average molecular weight is 472 g/mol. The molecule has 8 heteroatoms. The van der Waals surface area contributed by atoms with Crippen LogP contribution in [0.5, 0.6) is 0 Å². The highest BCUT2D eigenvalue weighted by atomic mass is 79.9. The number of ether oxygens (including phenoxy) is 3. The van der Waals surface area contributed by atoms with Crippen LogP contribution in [0.15, 0.2) is 28.7 Å². The van der Waals surface area contributed by atoms with Gasteiger partial charge in [0.2, 0.25) is 8.46 Å². The number of halogens is 1. The molecule has 0 aliphatic heterocycles. The van der Waals surface area contributed by atoms with Gasteiger partial charge in [-0.3, -0.25) is 4.57 Å². The van der Waals surface area contributed by atoms with Crippen LogP contribution < -0.4 is 0 Å². The van der Waals surface area contributed by atoms with Crippen molar-refractivity contribution in [1.82, 2.24) is 4.57 Å². The number of carbonyl (C=O) groups excluding carboxylic acids is 1. The van der Waals surface area contributed by atoms with Crippen LogP contribution in [0, 0.1) is 0 Å². The lowest BCUT2D eigenvalue weighted by molar-refractivity contribution is -0.221. The summed E-state index contributed by atoms with van der Waals surface area (Å²) in [6.07, 6.45) is -1.22. The Morgan fingerprint density at radius 2 is 1.61 bits per heavy atom. The lowest BCUT2D eigenvalue weighted by Crippen LogP contribution is -2.37. The highest BCUT2D eigenvalue weighted by molar-refractivity contribution is 9.10. The van der Waals surface area contributed by atoms with Crippen molar-refractivity contribution in [3.63, 3.8) is 0 Å². The van der Waals surface area contributed by atoms with Gasteiger partial charge in [-0.1, -0.05) is 18.2 Å². The van der Waals surface area contributed by atoms with Crippen LogP contribution in [-0.4, -0.2) is 28.5 Å². The number of hydrogen-bond acceptors (Lipinski definition) is 5. The van der Waals surface area contributed by atoms with Gasteiger partial charge in [-0.25, -0.2) is 9.36 Å². The Bertz CT molecular complexity index is 859. The molecule has 0 aliphatic rings. The number of para-hydroxylation sites is 1. The molecule has 0 unspecified atom stereocenters. The molecular weight excluding hydrogens is 445 g/mol.